The van der Waals surface area contributed by atoms with Gasteiger partial charge in [0.2, 0.25) is 11.8 Å². The molecule has 8 heteroatoms. The molecule has 2 heterocycles. The standard InChI is InChI=1S/C18H21N3O5/c1-24-17-8-12(11-4-2-3-5-13(11)20-17)18(23)21-14-6-7-25-9-15(14)26-10-16(19)22/h2-5,8,14-15H,6-7,9-10H2,1H3,(H2,19,22)(H,21,23). The lowest BCUT2D eigenvalue weighted by molar-refractivity contribution is -0.129. The summed E-state index contributed by atoms with van der Waals surface area (Å²) in [5.74, 6) is -0.464. The zero-order valence-electron chi connectivity index (χ0n) is 14.4. The number of hydrogen-bond acceptors (Lipinski definition) is 6. The second kappa shape index (κ2) is 8.11. The smallest absolute Gasteiger partial charge is 0.252 e. The first kappa shape index (κ1) is 18.1. The highest BCUT2D eigenvalue weighted by Crippen LogP contribution is 2.22. The Morgan fingerprint density at radius 1 is 1.38 bits per heavy atom. The van der Waals surface area contributed by atoms with E-state index in [0.717, 1.165) is 5.39 Å². The summed E-state index contributed by atoms with van der Waals surface area (Å²) in [5, 5.41) is 3.70. The van der Waals surface area contributed by atoms with Crippen molar-refractivity contribution in [1.82, 2.24) is 10.3 Å². The summed E-state index contributed by atoms with van der Waals surface area (Å²) in [5.41, 5.74) is 6.27. The van der Waals surface area contributed by atoms with Crippen LogP contribution in [0.1, 0.15) is 16.8 Å². The number of nitrogens with one attached hydrogen (secondary N) is 1. The zero-order valence-corrected chi connectivity index (χ0v) is 14.4. The normalized spacial score (nSPS) is 19.9. The highest BCUT2D eigenvalue weighted by atomic mass is 16.5. The predicted octanol–water partition coefficient (Wildman–Crippen LogP) is 0.633. The van der Waals surface area contributed by atoms with Gasteiger partial charge in [-0.3, -0.25) is 9.59 Å². The number of amides is 2. The highest BCUT2D eigenvalue weighted by Gasteiger charge is 2.29. The van der Waals surface area contributed by atoms with Gasteiger partial charge in [0.25, 0.3) is 5.91 Å². The Morgan fingerprint density at radius 2 is 2.19 bits per heavy atom. The Kier molecular flexibility index (Phi) is 5.65. The molecular formula is C18H21N3O5. The first-order valence-electron chi connectivity index (χ1n) is 8.30. The number of methoxy groups -OCH3 is 1. The van der Waals surface area contributed by atoms with Gasteiger partial charge in [-0.15, -0.1) is 0 Å². The van der Waals surface area contributed by atoms with Crippen LogP contribution in [-0.4, -0.2) is 55.9 Å². The van der Waals surface area contributed by atoms with Crippen LogP contribution in [0.3, 0.4) is 0 Å². The summed E-state index contributed by atoms with van der Waals surface area (Å²) in [6.07, 6.45) is 0.144. The molecule has 1 aromatic carbocycles. The van der Waals surface area contributed by atoms with Crippen LogP contribution in [0.5, 0.6) is 5.88 Å². The number of aromatic nitrogens is 1. The van der Waals surface area contributed by atoms with Crippen LogP contribution in [0.25, 0.3) is 10.9 Å². The number of primary amides is 1. The molecule has 0 aliphatic carbocycles. The lowest BCUT2D eigenvalue weighted by Crippen LogP contribution is -2.50. The van der Waals surface area contributed by atoms with E-state index in [-0.39, 0.29) is 18.6 Å². The van der Waals surface area contributed by atoms with Crippen LogP contribution in [0, 0.1) is 0 Å². The molecule has 26 heavy (non-hydrogen) atoms. The number of carbonyl (C=O) groups excluding carboxylic acids is 2. The minimum atomic E-state index is -0.564. The van der Waals surface area contributed by atoms with Crippen molar-refractivity contribution in [2.45, 2.75) is 18.6 Å². The lowest BCUT2D eigenvalue weighted by Gasteiger charge is -2.31. The Balaban J connectivity index is 1.82. The maximum absolute atomic E-state index is 12.9. The van der Waals surface area contributed by atoms with E-state index in [1.54, 1.807) is 6.07 Å². The van der Waals surface area contributed by atoms with Crippen molar-refractivity contribution in [2.75, 3.05) is 26.9 Å². The number of nitrogens with zero attached hydrogens (tertiary/aromatic N) is 1. The number of benzene rings is 1. The summed E-state index contributed by atoms with van der Waals surface area (Å²) in [7, 11) is 1.50. The van der Waals surface area contributed by atoms with Gasteiger partial charge >= 0.3 is 0 Å². The summed E-state index contributed by atoms with van der Waals surface area (Å²) in [4.78, 5) is 28.2. The fraction of sp³-hybridized carbons (Fsp3) is 0.389. The van der Waals surface area contributed by atoms with Crippen LogP contribution >= 0.6 is 0 Å². The number of nitrogens with two attached hydrogens (primary N) is 1. The summed E-state index contributed by atoms with van der Waals surface area (Å²) in [6, 6.07) is 8.68. The van der Waals surface area contributed by atoms with Crippen molar-refractivity contribution in [2.24, 2.45) is 5.73 Å². The van der Waals surface area contributed by atoms with Gasteiger partial charge in [-0.05, 0) is 12.5 Å². The van der Waals surface area contributed by atoms with Gasteiger partial charge in [0.15, 0.2) is 0 Å². The topological polar surface area (TPSA) is 113 Å². The van der Waals surface area contributed by atoms with Gasteiger partial charge in [0, 0.05) is 18.1 Å². The summed E-state index contributed by atoms with van der Waals surface area (Å²) in [6.45, 7) is 0.576. The van der Waals surface area contributed by atoms with Crippen LogP contribution in [0.2, 0.25) is 0 Å². The predicted molar refractivity (Wildman–Crippen MR) is 93.9 cm³/mol. The van der Waals surface area contributed by atoms with Gasteiger partial charge < -0.3 is 25.3 Å². The van der Waals surface area contributed by atoms with Crippen LogP contribution in [-0.2, 0) is 14.3 Å². The maximum Gasteiger partial charge on any atom is 0.252 e. The summed E-state index contributed by atoms with van der Waals surface area (Å²) >= 11 is 0. The van der Waals surface area contributed by atoms with Gasteiger partial charge in [-0.25, -0.2) is 4.98 Å². The molecule has 3 rings (SSSR count). The molecule has 0 spiro atoms. The van der Waals surface area contributed by atoms with Crippen molar-refractivity contribution in [1.29, 1.82) is 0 Å². The fourth-order valence-electron chi connectivity index (χ4n) is 2.92. The molecule has 1 fully saturated rings. The molecule has 8 nitrogen and oxygen atoms in total. The van der Waals surface area contributed by atoms with Crippen LogP contribution in [0.4, 0.5) is 0 Å². The van der Waals surface area contributed by atoms with Gasteiger partial charge in [-0.2, -0.15) is 0 Å². The van der Waals surface area contributed by atoms with Gasteiger partial charge in [0.05, 0.1) is 30.8 Å². The van der Waals surface area contributed by atoms with Crippen molar-refractivity contribution in [3.63, 3.8) is 0 Å². The van der Waals surface area contributed by atoms with E-state index < -0.39 is 12.0 Å². The monoisotopic (exact) mass is 359 g/mol. The average Bonchev–Trinajstić information content (AvgIpc) is 2.66. The second-order valence-electron chi connectivity index (χ2n) is 5.99. The molecule has 2 unspecified atom stereocenters. The Morgan fingerprint density at radius 3 is 2.96 bits per heavy atom. The third kappa shape index (κ3) is 4.09. The van der Waals surface area contributed by atoms with Crippen molar-refractivity contribution < 1.29 is 23.8 Å². The van der Waals surface area contributed by atoms with Crippen LogP contribution in [0.15, 0.2) is 30.3 Å². The number of pyridine rings is 1. The Hall–Kier alpha value is -2.71. The number of carbonyl (C=O) groups is 2. The quantitative estimate of drug-likeness (QED) is 0.782. The highest BCUT2D eigenvalue weighted by molar-refractivity contribution is 6.06. The molecule has 0 bridgehead atoms. The molecule has 0 radical (unpaired) electrons. The molecule has 3 N–H and O–H groups in total. The van der Waals surface area contributed by atoms with E-state index in [2.05, 4.69) is 10.3 Å². The van der Waals surface area contributed by atoms with E-state index in [4.69, 9.17) is 19.9 Å². The average molecular weight is 359 g/mol. The number of fused-ring (bicyclic) bond motifs is 1. The van der Waals surface area contributed by atoms with E-state index >= 15 is 0 Å². The molecule has 0 saturated carbocycles. The lowest BCUT2D eigenvalue weighted by atomic mass is 10.0. The first-order chi connectivity index (χ1) is 12.6. The summed E-state index contributed by atoms with van der Waals surface area (Å²) < 4.78 is 16.1. The van der Waals surface area contributed by atoms with Crippen LogP contribution < -0.4 is 15.8 Å². The molecule has 138 valence electrons. The van der Waals surface area contributed by atoms with Crippen molar-refractivity contribution in [3.05, 3.63) is 35.9 Å². The van der Waals surface area contributed by atoms with Crippen molar-refractivity contribution >= 4 is 22.7 Å². The first-order valence-corrected chi connectivity index (χ1v) is 8.30. The fourth-order valence-corrected chi connectivity index (χ4v) is 2.92. The molecule has 1 aliphatic heterocycles. The number of rotatable bonds is 6. The zero-order chi connectivity index (χ0) is 18.5. The molecule has 1 aromatic heterocycles. The van der Waals surface area contributed by atoms with Crippen molar-refractivity contribution in [3.8, 4) is 5.88 Å². The maximum atomic E-state index is 12.9. The van der Waals surface area contributed by atoms with E-state index in [1.807, 2.05) is 24.3 Å². The minimum absolute atomic E-state index is 0.216. The third-order valence-electron chi connectivity index (χ3n) is 4.21. The minimum Gasteiger partial charge on any atom is -0.481 e. The molecule has 1 saturated heterocycles. The molecule has 2 amide bonds. The Labute approximate surface area is 150 Å². The molecule has 1 aliphatic rings. The van der Waals surface area contributed by atoms with Gasteiger partial charge in [0.1, 0.15) is 12.7 Å². The largest absolute Gasteiger partial charge is 0.481 e. The van der Waals surface area contributed by atoms with E-state index in [0.29, 0.717) is 36.6 Å². The number of ether oxygens (including phenoxy) is 3. The van der Waals surface area contributed by atoms with E-state index in [9.17, 15) is 9.59 Å². The van der Waals surface area contributed by atoms with E-state index in [1.165, 1.54) is 7.11 Å². The SMILES string of the molecule is COc1cc(C(=O)NC2CCOCC2OCC(N)=O)c2ccccc2n1. The Bertz CT molecular complexity index is 811. The van der Waals surface area contributed by atoms with Gasteiger partial charge in [-0.1, -0.05) is 18.2 Å². The second-order valence-corrected chi connectivity index (χ2v) is 5.99. The number of hydrogen-bond donors (Lipinski definition) is 2. The third-order valence-corrected chi connectivity index (χ3v) is 4.21. The number of para-hydroxylation sites is 1. The molecule has 2 atom stereocenters. The molecular weight excluding hydrogens is 338 g/mol. The molecule has 2 aromatic rings.